The summed E-state index contributed by atoms with van der Waals surface area (Å²) in [4.78, 5) is 2.35. The standard InChI is InChI=1S/C17H28N2O/c1-4-18-14(2)16-7-9-17(10-8-16)19(3)12-15-6-5-11-20-13-15/h7-10,14-15,18H,4-6,11-13H2,1-3H3. The van der Waals surface area contributed by atoms with Gasteiger partial charge in [0.2, 0.25) is 0 Å². The molecule has 0 spiro atoms. The molecule has 0 aliphatic carbocycles. The molecule has 1 saturated heterocycles. The van der Waals surface area contributed by atoms with Crippen LogP contribution in [0.3, 0.4) is 0 Å². The summed E-state index contributed by atoms with van der Waals surface area (Å²) >= 11 is 0. The fourth-order valence-corrected chi connectivity index (χ4v) is 2.89. The van der Waals surface area contributed by atoms with Gasteiger partial charge in [-0.25, -0.2) is 0 Å². The van der Waals surface area contributed by atoms with Crippen molar-refractivity contribution in [3.05, 3.63) is 29.8 Å². The molecule has 2 unspecified atom stereocenters. The Morgan fingerprint density at radius 2 is 2.10 bits per heavy atom. The number of hydrogen-bond donors (Lipinski definition) is 1. The molecule has 0 saturated carbocycles. The van der Waals surface area contributed by atoms with Gasteiger partial charge in [-0.05, 0) is 49.9 Å². The first kappa shape index (κ1) is 15.3. The fourth-order valence-electron chi connectivity index (χ4n) is 2.89. The van der Waals surface area contributed by atoms with E-state index < -0.39 is 0 Å². The van der Waals surface area contributed by atoms with Crippen LogP contribution in [-0.4, -0.2) is 33.4 Å². The third-order valence-corrected chi connectivity index (χ3v) is 4.13. The first-order chi connectivity index (χ1) is 9.70. The van der Waals surface area contributed by atoms with Crippen LogP contribution in [0.2, 0.25) is 0 Å². The number of ether oxygens (including phenoxy) is 1. The highest BCUT2D eigenvalue weighted by Crippen LogP contribution is 2.21. The summed E-state index contributed by atoms with van der Waals surface area (Å²) in [7, 11) is 2.18. The summed E-state index contributed by atoms with van der Waals surface area (Å²) in [5.74, 6) is 0.675. The minimum atomic E-state index is 0.422. The first-order valence-electron chi connectivity index (χ1n) is 7.83. The zero-order valence-electron chi connectivity index (χ0n) is 13.1. The van der Waals surface area contributed by atoms with Crippen LogP contribution in [-0.2, 0) is 4.74 Å². The Morgan fingerprint density at radius 1 is 1.35 bits per heavy atom. The van der Waals surface area contributed by atoms with E-state index in [1.54, 1.807) is 0 Å². The predicted octanol–water partition coefficient (Wildman–Crippen LogP) is 3.22. The van der Waals surface area contributed by atoms with Crippen LogP contribution in [0.25, 0.3) is 0 Å². The topological polar surface area (TPSA) is 24.5 Å². The molecule has 1 heterocycles. The molecule has 1 aliphatic heterocycles. The molecular weight excluding hydrogens is 248 g/mol. The predicted molar refractivity (Wildman–Crippen MR) is 85.3 cm³/mol. The summed E-state index contributed by atoms with van der Waals surface area (Å²) in [6.07, 6.45) is 2.50. The maximum absolute atomic E-state index is 5.56. The van der Waals surface area contributed by atoms with Gasteiger partial charge in [0.15, 0.2) is 0 Å². The monoisotopic (exact) mass is 276 g/mol. The number of benzene rings is 1. The van der Waals surface area contributed by atoms with Crippen LogP contribution in [0.4, 0.5) is 5.69 Å². The Bertz CT molecular complexity index is 384. The van der Waals surface area contributed by atoms with Crippen molar-refractivity contribution in [2.75, 3.05) is 38.3 Å². The molecule has 0 bridgehead atoms. The van der Waals surface area contributed by atoms with Gasteiger partial charge in [-0.1, -0.05) is 19.1 Å². The second-order valence-corrected chi connectivity index (χ2v) is 5.83. The molecule has 3 heteroatoms. The molecule has 1 aromatic rings. The van der Waals surface area contributed by atoms with Crippen molar-refractivity contribution in [1.29, 1.82) is 0 Å². The van der Waals surface area contributed by atoms with Gasteiger partial charge >= 0.3 is 0 Å². The molecule has 1 fully saturated rings. The van der Waals surface area contributed by atoms with Gasteiger partial charge in [-0.3, -0.25) is 0 Å². The highest BCUT2D eigenvalue weighted by Gasteiger charge is 2.16. The lowest BCUT2D eigenvalue weighted by Crippen LogP contribution is -2.30. The number of hydrogen-bond acceptors (Lipinski definition) is 3. The average Bonchev–Trinajstić information content (AvgIpc) is 2.48. The third kappa shape index (κ3) is 4.22. The molecule has 112 valence electrons. The molecule has 3 nitrogen and oxygen atoms in total. The highest BCUT2D eigenvalue weighted by atomic mass is 16.5. The molecule has 1 aliphatic rings. The zero-order valence-corrected chi connectivity index (χ0v) is 13.1. The van der Waals surface area contributed by atoms with Crippen LogP contribution in [0.1, 0.15) is 38.3 Å². The normalized spacial score (nSPS) is 20.6. The van der Waals surface area contributed by atoms with E-state index in [4.69, 9.17) is 4.74 Å². The van der Waals surface area contributed by atoms with Crippen molar-refractivity contribution in [2.24, 2.45) is 5.92 Å². The van der Waals surface area contributed by atoms with Crippen LogP contribution in [0.5, 0.6) is 0 Å². The summed E-state index contributed by atoms with van der Waals surface area (Å²) in [6, 6.07) is 9.35. The molecule has 0 amide bonds. The summed E-state index contributed by atoms with van der Waals surface area (Å²) in [5.41, 5.74) is 2.65. The van der Waals surface area contributed by atoms with Crippen LogP contribution in [0, 0.1) is 5.92 Å². The molecule has 20 heavy (non-hydrogen) atoms. The minimum Gasteiger partial charge on any atom is -0.381 e. The Labute approximate surface area is 123 Å². The van der Waals surface area contributed by atoms with Gasteiger partial charge in [0.1, 0.15) is 0 Å². The Hall–Kier alpha value is -1.06. The smallest absolute Gasteiger partial charge is 0.0511 e. The van der Waals surface area contributed by atoms with E-state index in [1.807, 2.05) is 0 Å². The van der Waals surface area contributed by atoms with Crippen molar-refractivity contribution in [1.82, 2.24) is 5.32 Å². The Balaban J connectivity index is 1.91. The quantitative estimate of drug-likeness (QED) is 0.863. The second-order valence-electron chi connectivity index (χ2n) is 5.83. The molecule has 2 atom stereocenters. The van der Waals surface area contributed by atoms with Crippen LogP contribution >= 0.6 is 0 Å². The van der Waals surface area contributed by atoms with Crippen molar-refractivity contribution < 1.29 is 4.74 Å². The first-order valence-corrected chi connectivity index (χ1v) is 7.83. The number of nitrogens with zero attached hydrogens (tertiary/aromatic N) is 1. The SMILES string of the molecule is CCNC(C)c1ccc(N(C)CC2CCCOC2)cc1. The van der Waals surface area contributed by atoms with Crippen molar-refractivity contribution >= 4 is 5.69 Å². The van der Waals surface area contributed by atoms with E-state index in [1.165, 1.54) is 24.1 Å². The maximum atomic E-state index is 5.56. The van der Waals surface area contributed by atoms with E-state index >= 15 is 0 Å². The van der Waals surface area contributed by atoms with Gasteiger partial charge in [-0.15, -0.1) is 0 Å². The van der Waals surface area contributed by atoms with Crippen molar-refractivity contribution in [2.45, 2.75) is 32.7 Å². The van der Waals surface area contributed by atoms with E-state index in [0.717, 1.165) is 26.3 Å². The minimum absolute atomic E-state index is 0.422. The summed E-state index contributed by atoms with van der Waals surface area (Å²) in [5, 5.41) is 3.45. The maximum Gasteiger partial charge on any atom is 0.0511 e. The van der Waals surface area contributed by atoms with Gasteiger partial charge < -0.3 is 15.0 Å². The molecular formula is C17H28N2O. The largest absolute Gasteiger partial charge is 0.381 e. The third-order valence-electron chi connectivity index (χ3n) is 4.13. The molecule has 0 aromatic heterocycles. The van der Waals surface area contributed by atoms with Gasteiger partial charge in [0.25, 0.3) is 0 Å². The molecule has 2 rings (SSSR count). The lowest BCUT2D eigenvalue weighted by atomic mass is 10.0. The lowest BCUT2D eigenvalue weighted by Gasteiger charge is -2.28. The van der Waals surface area contributed by atoms with Crippen LogP contribution in [0.15, 0.2) is 24.3 Å². The molecule has 1 aromatic carbocycles. The molecule has 1 N–H and O–H groups in total. The van der Waals surface area contributed by atoms with E-state index in [2.05, 4.69) is 55.4 Å². The van der Waals surface area contributed by atoms with E-state index in [9.17, 15) is 0 Å². The lowest BCUT2D eigenvalue weighted by molar-refractivity contribution is 0.0576. The Kier molecular flexibility index (Phi) is 5.86. The number of anilines is 1. The van der Waals surface area contributed by atoms with E-state index in [0.29, 0.717) is 12.0 Å². The fraction of sp³-hybridized carbons (Fsp3) is 0.647. The highest BCUT2D eigenvalue weighted by molar-refractivity contribution is 5.47. The summed E-state index contributed by atoms with van der Waals surface area (Å²) in [6.45, 7) is 8.30. The van der Waals surface area contributed by atoms with Gasteiger partial charge in [0, 0.05) is 31.9 Å². The van der Waals surface area contributed by atoms with Crippen molar-refractivity contribution in [3.63, 3.8) is 0 Å². The van der Waals surface area contributed by atoms with E-state index in [-0.39, 0.29) is 0 Å². The average molecular weight is 276 g/mol. The van der Waals surface area contributed by atoms with Crippen molar-refractivity contribution in [3.8, 4) is 0 Å². The molecule has 0 radical (unpaired) electrons. The van der Waals surface area contributed by atoms with Crippen LogP contribution < -0.4 is 10.2 Å². The van der Waals surface area contributed by atoms with Gasteiger partial charge in [0.05, 0.1) is 6.61 Å². The zero-order chi connectivity index (χ0) is 14.4. The number of rotatable bonds is 6. The Morgan fingerprint density at radius 3 is 2.70 bits per heavy atom. The summed E-state index contributed by atoms with van der Waals surface area (Å²) < 4.78 is 5.56. The van der Waals surface area contributed by atoms with Gasteiger partial charge in [-0.2, -0.15) is 0 Å². The number of nitrogens with one attached hydrogen (secondary N) is 1. The second kappa shape index (κ2) is 7.65.